The summed E-state index contributed by atoms with van der Waals surface area (Å²) < 4.78 is 15.8. The van der Waals surface area contributed by atoms with Gasteiger partial charge in [-0.05, 0) is 69.0 Å². The Labute approximate surface area is 212 Å². The molecule has 6 nitrogen and oxygen atoms in total. The van der Waals surface area contributed by atoms with Crippen LogP contribution in [-0.2, 0) is 14.3 Å². The Bertz CT molecular complexity index is 1130. The van der Waals surface area contributed by atoms with Gasteiger partial charge in [0, 0.05) is 0 Å². The van der Waals surface area contributed by atoms with Crippen LogP contribution in [0.3, 0.4) is 0 Å². The molecule has 0 saturated heterocycles. The van der Waals surface area contributed by atoms with Gasteiger partial charge in [-0.1, -0.05) is 67.8 Å². The molecule has 3 rings (SSSR count). The Balaban J connectivity index is 1.77. The molecule has 0 aromatic heterocycles. The van der Waals surface area contributed by atoms with Gasteiger partial charge in [-0.15, -0.1) is 0 Å². The highest BCUT2D eigenvalue weighted by molar-refractivity contribution is 6.17. The van der Waals surface area contributed by atoms with E-state index in [0.717, 1.165) is 24.8 Å². The molecule has 0 amide bonds. The number of methoxy groups -OCH3 is 1. The zero-order valence-electron chi connectivity index (χ0n) is 21.4. The largest absolute Gasteiger partial charge is 0.514 e. The Kier molecular flexibility index (Phi) is 8.86. The van der Waals surface area contributed by atoms with E-state index in [4.69, 9.17) is 14.2 Å². The molecule has 1 fully saturated rings. The average Bonchev–Trinajstić information content (AvgIpc) is 2.86. The van der Waals surface area contributed by atoms with Gasteiger partial charge in [0.05, 0.1) is 12.5 Å². The summed E-state index contributed by atoms with van der Waals surface area (Å²) in [6.45, 7) is 5.24. The molecule has 0 aliphatic heterocycles. The predicted molar refractivity (Wildman–Crippen MR) is 140 cm³/mol. The van der Waals surface area contributed by atoms with Crippen LogP contribution in [0, 0.1) is 5.41 Å². The minimum Gasteiger partial charge on any atom is -0.493 e. The van der Waals surface area contributed by atoms with E-state index in [-0.39, 0.29) is 17.3 Å². The Morgan fingerprint density at radius 3 is 2.00 bits per heavy atom. The van der Waals surface area contributed by atoms with Crippen LogP contribution in [0.15, 0.2) is 60.7 Å². The van der Waals surface area contributed by atoms with Gasteiger partial charge >= 0.3 is 6.16 Å². The van der Waals surface area contributed by atoms with Gasteiger partial charge in [-0.3, -0.25) is 9.59 Å². The van der Waals surface area contributed by atoms with E-state index in [0.29, 0.717) is 24.2 Å². The SMILES string of the molecule is COc1cc(/C=C/C(=O)C2(C(=O)/C=C/c3ccccc3)CCCCC2)ccc1OC(=O)OC(C)(C)C. The van der Waals surface area contributed by atoms with Gasteiger partial charge in [0.25, 0.3) is 0 Å². The molecule has 2 aromatic carbocycles. The minimum absolute atomic E-state index is 0.153. The van der Waals surface area contributed by atoms with Crippen molar-refractivity contribution in [3.8, 4) is 11.5 Å². The van der Waals surface area contributed by atoms with Crippen LogP contribution in [0.5, 0.6) is 11.5 Å². The van der Waals surface area contributed by atoms with Gasteiger partial charge in [0.1, 0.15) is 5.60 Å². The fourth-order valence-corrected chi connectivity index (χ4v) is 4.23. The lowest BCUT2D eigenvalue weighted by molar-refractivity contribution is -0.137. The number of carbonyl (C=O) groups is 3. The maximum atomic E-state index is 13.4. The molecule has 36 heavy (non-hydrogen) atoms. The zero-order valence-corrected chi connectivity index (χ0v) is 21.4. The smallest absolute Gasteiger partial charge is 0.493 e. The summed E-state index contributed by atoms with van der Waals surface area (Å²) in [6, 6.07) is 14.5. The Hall–Kier alpha value is -3.67. The number of allylic oxidation sites excluding steroid dienone is 2. The van der Waals surface area contributed by atoms with E-state index in [1.54, 1.807) is 51.1 Å². The van der Waals surface area contributed by atoms with Crippen LogP contribution in [0.4, 0.5) is 4.79 Å². The summed E-state index contributed by atoms with van der Waals surface area (Å²) in [5.41, 5.74) is -0.129. The second-order valence-electron chi connectivity index (χ2n) is 9.93. The second-order valence-corrected chi connectivity index (χ2v) is 9.93. The summed E-state index contributed by atoms with van der Waals surface area (Å²) in [6.07, 6.45) is 9.40. The summed E-state index contributed by atoms with van der Waals surface area (Å²) in [5, 5.41) is 0. The number of ether oxygens (including phenoxy) is 3. The molecule has 0 unspecified atom stereocenters. The Morgan fingerprint density at radius 2 is 1.42 bits per heavy atom. The van der Waals surface area contributed by atoms with Crippen molar-refractivity contribution in [1.29, 1.82) is 0 Å². The van der Waals surface area contributed by atoms with E-state index < -0.39 is 17.2 Å². The number of ketones is 2. The van der Waals surface area contributed by atoms with Gasteiger partial charge < -0.3 is 14.2 Å². The second kappa shape index (κ2) is 11.8. The van der Waals surface area contributed by atoms with Crippen LogP contribution < -0.4 is 9.47 Å². The van der Waals surface area contributed by atoms with Gasteiger partial charge in [0.2, 0.25) is 0 Å². The maximum absolute atomic E-state index is 13.4. The third-order valence-electron chi connectivity index (χ3n) is 6.07. The fraction of sp³-hybridized carbons (Fsp3) is 0.367. The molecule has 190 valence electrons. The number of carbonyl (C=O) groups excluding carboxylic acids is 3. The lowest BCUT2D eigenvalue weighted by Crippen LogP contribution is -2.39. The fourth-order valence-electron chi connectivity index (χ4n) is 4.23. The van der Waals surface area contributed by atoms with E-state index in [2.05, 4.69) is 0 Å². The van der Waals surface area contributed by atoms with E-state index >= 15 is 0 Å². The quantitative estimate of drug-likeness (QED) is 0.175. The minimum atomic E-state index is -1.04. The topological polar surface area (TPSA) is 78.9 Å². The average molecular weight is 491 g/mol. The van der Waals surface area contributed by atoms with Crippen molar-refractivity contribution in [3.63, 3.8) is 0 Å². The highest BCUT2D eigenvalue weighted by Crippen LogP contribution is 2.39. The van der Waals surface area contributed by atoms with E-state index in [1.807, 2.05) is 30.3 Å². The molecule has 2 aromatic rings. The maximum Gasteiger partial charge on any atom is 0.514 e. The third-order valence-corrected chi connectivity index (χ3v) is 6.07. The first-order valence-corrected chi connectivity index (χ1v) is 12.2. The van der Waals surface area contributed by atoms with Crippen LogP contribution in [0.1, 0.15) is 64.0 Å². The van der Waals surface area contributed by atoms with Crippen molar-refractivity contribution in [2.45, 2.75) is 58.5 Å². The molecule has 0 heterocycles. The van der Waals surface area contributed by atoms with Crippen molar-refractivity contribution in [2.24, 2.45) is 5.41 Å². The normalized spacial score (nSPS) is 15.6. The molecule has 0 bridgehead atoms. The molecule has 1 saturated carbocycles. The standard InChI is InChI=1S/C30H34O6/c1-29(2,3)36-28(33)35-24-16-13-23(21-25(24)34-4)15-18-27(32)30(19-9-6-10-20-30)26(31)17-14-22-11-7-5-8-12-22/h5,7-8,11-18,21H,6,9-10,19-20H2,1-4H3/b17-14+,18-15+. The molecule has 0 atom stereocenters. The molecule has 1 aliphatic rings. The predicted octanol–water partition coefficient (Wildman–Crippen LogP) is 6.82. The van der Waals surface area contributed by atoms with Crippen molar-refractivity contribution < 1.29 is 28.6 Å². The highest BCUT2D eigenvalue weighted by atomic mass is 16.7. The van der Waals surface area contributed by atoms with Crippen LogP contribution in [0.2, 0.25) is 0 Å². The number of hydrogen-bond donors (Lipinski definition) is 0. The van der Waals surface area contributed by atoms with E-state index in [1.165, 1.54) is 19.3 Å². The van der Waals surface area contributed by atoms with Crippen LogP contribution in [-0.4, -0.2) is 30.4 Å². The van der Waals surface area contributed by atoms with Crippen molar-refractivity contribution in [2.75, 3.05) is 7.11 Å². The monoisotopic (exact) mass is 490 g/mol. The first-order chi connectivity index (χ1) is 17.1. The lowest BCUT2D eigenvalue weighted by Gasteiger charge is -2.32. The van der Waals surface area contributed by atoms with Crippen molar-refractivity contribution in [3.05, 3.63) is 71.8 Å². The molecule has 0 radical (unpaired) electrons. The summed E-state index contributed by atoms with van der Waals surface area (Å²) in [5.74, 6) is 0.183. The third kappa shape index (κ3) is 7.17. The molecular weight excluding hydrogens is 456 g/mol. The van der Waals surface area contributed by atoms with Gasteiger partial charge in [-0.25, -0.2) is 4.79 Å². The van der Waals surface area contributed by atoms with Crippen LogP contribution >= 0.6 is 0 Å². The molecular formula is C30H34O6. The number of benzene rings is 2. The zero-order chi connectivity index (χ0) is 26.2. The number of hydrogen-bond acceptors (Lipinski definition) is 6. The van der Waals surface area contributed by atoms with Gasteiger partial charge in [0.15, 0.2) is 23.1 Å². The molecule has 0 spiro atoms. The number of rotatable bonds is 8. The first-order valence-electron chi connectivity index (χ1n) is 12.2. The highest BCUT2D eigenvalue weighted by Gasteiger charge is 2.43. The van der Waals surface area contributed by atoms with E-state index in [9.17, 15) is 14.4 Å². The summed E-state index contributed by atoms with van der Waals surface area (Å²) in [4.78, 5) is 38.7. The lowest BCUT2D eigenvalue weighted by atomic mass is 9.68. The van der Waals surface area contributed by atoms with Crippen molar-refractivity contribution in [1.82, 2.24) is 0 Å². The summed E-state index contributed by atoms with van der Waals surface area (Å²) >= 11 is 0. The molecule has 6 heteroatoms. The Morgan fingerprint density at radius 1 is 0.806 bits per heavy atom. The van der Waals surface area contributed by atoms with Crippen LogP contribution in [0.25, 0.3) is 12.2 Å². The van der Waals surface area contributed by atoms with Gasteiger partial charge in [-0.2, -0.15) is 0 Å². The van der Waals surface area contributed by atoms with Crippen molar-refractivity contribution >= 4 is 29.9 Å². The summed E-state index contributed by atoms with van der Waals surface area (Å²) in [7, 11) is 1.46. The first kappa shape index (κ1) is 26.9. The molecule has 1 aliphatic carbocycles. The molecule has 0 N–H and O–H groups in total.